The minimum Gasteiger partial charge on any atom is -0.481 e. The van der Waals surface area contributed by atoms with Crippen molar-refractivity contribution in [3.63, 3.8) is 0 Å². The van der Waals surface area contributed by atoms with E-state index in [1.54, 1.807) is 0 Å². The zero-order valence-corrected chi connectivity index (χ0v) is 17.5. The molecule has 2 aromatic rings. The summed E-state index contributed by atoms with van der Waals surface area (Å²) in [5, 5.41) is 16.7. The first kappa shape index (κ1) is 20.5. The van der Waals surface area contributed by atoms with Gasteiger partial charge in [0.05, 0.1) is 5.92 Å². The van der Waals surface area contributed by atoms with Gasteiger partial charge in [-0.2, -0.15) is 4.98 Å². The molecule has 0 aliphatic heterocycles. The van der Waals surface area contributed by atoms with Crippen LogP contribution in [-0.4, -0.2) is 33.8 Å². The average Bonchev–Trinajstić information content (AvgIpc) is 3.17. The summed E-state index contributed by atoms with van der Waals surface area (Å²) < 4.78 is 5.53. The maximum Gasteiger partial charge on any atom is 0.306 e. The molecule has 1 unspecified atom stereocenters. The number of nitrogens with zero attached hydrogens (tertiary/aromatic N) is 2. The minimum absolute atomic E-state index is 0.0951. The Morgan fingerprint density at radius 1 is 1.27 bits per heavy atom. The van der Waals surface area contributed by atoms with Crippen molar-refractivity contribution in [1.82, 2.24) is 15.5 Å². The van der Waals surface area contributed by atoms with Crippen molar-refractivity contribution in [2.45, 2.75) is 51.5 Å². The Kier molecular flexibility index (Phi) is 6.13. The van der Waals surface area contributed by atoms with Gasteiger partial charge in [0.2, 0.25) is 0 Å². The summed E-state index contributed by atoms with van der Waals surface area (Å²) in [4.78, 5) is 15.6. The number of hydrogen-bond donors (Lipinski definition) is 2. The second kappa shape index (κ2) is 8.96. The van der Waals surface area contributed by atoms with Gasteiger partial charge in [0.25, 0.3) is 5.89 Å². The lowest BCUT2D eigenvalue weighted by atomic mass is 9.80. The molecule has 4 rings (SSSR count). The van der Waals surface area contributed by atoms with Crippen LogP contribution in [0.5, 0.6) is 0 Å². The van der Waals surface area contributed by atoms with Crippen LogP contribution in [0, 0.1) is 11.8 Å². The molecule has 0 saturated heterocycles. The maximum absolute atomic E-state index is 10.9. The summed E-state index contributed by atoms with van der Waals surface area (Å²) in [7, 11) is 0. The topological polar surface area (TPSA) is 88.2 Å². The lowest BCUT2D eigenvalue weighted by Gasteiger charge is -2.33. The molecule has 1 aromatic heterocycles. The molecule has 1 aromatic carbocycles. The van der Waals surface area contributed by atoms with E-state index in [1.165, 1.54) is 11.1 Å². The van der Waals surface area contributed by atoms with Crippen LogP contribution in [0.1, 0.15) is 50.4 Å². The van der Waals surface area contributed by atoms with Crippen molar-refractivity contribution in [2.24, 2.45) is 11.8 Å². The molecule has 2 aliphatic carbocycles. The first-order chi connectivity index (χ1) is 14.5. The number of benzene rings is 1. The molecule has 0 spiro atoms. The fourth-order valence-corrected chi connectivity index (χ4v) is 4.07. The van der Waals surface area contributed by atoms with Gasteiger partial charge in [0, 0.05) is 24.1 Å². The molecule has 6 heteroatoms. The van der Waals surface area contributed by atoms with Gasteiger partial charge < -0.3 is 14.9 Å². The first-order valence-electron chi connectivity index (χ1n) is 10.7. The van der Waals surface area contributed by atoms with Gasteiger partial charge in [-0.15, -0.1) is 0 Å². The van der Waals surface area contributed by atoms with Crippen LogP contribution in [0.4, 0.5) is 0 Å². The number of hydrogen-bond acceptors (Lipinski definition) is 5. The van der Waals surface area contributed by atoms with Crippen LogP contribution in [0.2, 0.25) is 0 Å². The van der Waals surface area contributed by atoms with Gasteiger partial charge >= 0.3 is 5.97 Å². The minimum atomic E-state index is -0.685. The molecule has 1 heterocycles. The maximum atomic E-state index is 10.9. The van der Waals surface area contributed by atoms with Gasteiger partial charge in [0.1, 0.15) is 0 Å². The summed E-state index contributed by atoms with van der Waals surface area (Å²) in [5.41, 5.74) is 3.52. The third-order valence-corrected chi connectivity index (χ3v) is 5.88. The van der Waals surface area contributed by atoms with Gasteiger partial charge in [-0.3, -0.25) is 4.79 Å². The quantitative estimate of drug-likeness (QED) is 0.676. The number of rotatable bonds is 8. The number of allylic oxidation sites excluding steroid dienone is 3. The summed E-state index contributed by atoms with van der Waals surface area (Å²) in [6.45, 7) is 5.19. The van der Waals surface area contributed by atoms with Crippen molar-refractivity contribution in [3.05, 3.63) is 59.5 Å². The Hall–Kier alpha value is -2.73. The second-order valence-electron chi connectivity index (χ2n) is 8.86. The van der Waals surface area contributed by atoms with E-state index in [4.69, 9.17) is 9.63 Å². The van der Waals surface area contributed by atoms with Crippen molar-refractivity contribution in [2.75, 3.05) is 6.54 Å². The normalized spacial score (nSPS) is 23.3. The molecule has 2 aliphatic rings. The van der Waals surface area contributed by atoms with Crippen molar-refractivity contribution in [1.29, 1.82) is 0 Å². The third kappa shape index (κ3) is 4.87. The van der Waals surface area contributed by atoms with Gasteiger partial charge in [0.15, 0.2) is 5.82 Å². The lowest BCUT2D eigenvalue weighted by molar-refractivity contribution is -0.145. The van der Waals surface area contributed by atoms with Crippen LogP contribution in [-0.2, 0) is 11.2 Å². The van der Waals surface area contributed by atoms with E-state index in [2.05, 4.69) is 53.6 Å². The number of aromatic nitrogens is 2. The molecule has 1 saturated carbocycles. The highest BCUT2D eigenvalue weighted by molar-refractivity contribution is 5.71. The predicted octanol–water partition coefficient (Wildman–Crippen LogP) is 4.36. The molecule has 2 N–H and O–H groups in total. The SMILES string of the molecule is CC(C)Cc1ccc(-c2nc(C3C=CC=C(CN[C@H]4C[C@@H](C(=O)O)C4)C3)no2)cc1. The Morgan fingerprint density at radius 2 is 2.03 bits per heavy atom. The molecule has 0 bridgehead atoms. The second-order valence-corrected chi connectivity index (χ2v) is 8.86. The van der Waals surface area contributed by atoms with Crippen molar-refractivity contribution < 1.29 is 14.4 Å². The van der Waals surface area contributed by atoms with E-state index in [0.717, 1.165) is 24.9 Å². The highest BCUT2D eigenvalue weighted by atomic mass is 16.5. The lowest BCUT2D eigenvalue weighted by Crippen LogP contribution is -2.44. The number of carboxylic acids is 1. The summed E-state index contributed by atoms with van der Waals surface area (Å²) in [6, 6.07) is 8.64. The monoisotopic (exact) mass is 407 g/mol. The molecule has 6 nitrogen and oxygen atoms in total. The molecule has 30 heavy (non-hydrogen) atoms. The van der Waals surface area contributed by atoms with E-state index in [9.17, 15) is 4.79 Å². The standard InChI is InChI=1S/C24H29N3O3/c1-15(2)10-16-6-8-18(9-7-16)23-26-22(27-30-23)19-5-3-4-17(11-19)14-25-21-12-20(13-21)24(28)29/h3-9,15,19-21,25H,10-14H2,1-2H3,(H,28,29)/t19?,20-,21+. The zero-order chi connectivity index (χ0) is 21.1. The third-order valence-electron chi connectivity index (χ3n) is 5.88. The van der Waals surface area contributed by atoms with Crippen LogP contribution in [0.15, 0.2) is 52.6 Å². The molecule has 158 valence electrons. The largest absolute Gasteiger partial charge is 0.481 e. The van der Waals surface area contributed by atoms with Crippen LogP contribution >= 0.6 is 0 Å². The summed E-state index contributed by atoms with van der Waals surface area (Å²) >= 11 is 0. The van der Waals surface area contributed by atoms with Crippen molar-refractivity contribution >= 4 is 5.97 Å². The van der Waals surface area contributed by atoms with Crippen LogP contribution in [0.25, 0.3) is 11.5 Å². The Bertz CT molecular complexity index is 937. The molecular weight excluding hydrogens is 378 g/mol. The fraction of sp³-hybridized carbons (Fsp3) is 0.458. The Balaban J connectivity index is 1.32. The van der Waals surface area contributed by atoms with E-state index in [-0.39, 0.29) is 11.8 Å². The molecule has 1 fully saturated rings. The van der Waals surface area contributed by atoms with Crippen molar-refractivity contribution in [3.8, 4) is 11.5 Å². The number of carbonyl (C=O) groups is 1. The molecular formula is C24H29N3O3. The van der Waals surface area contributed by atoms with Gasteiger partial charge in [-0.25, -0.2) is 0 Å². The van der Waals surface area contributed by atoms with E-state index < -0.39 is 5.97 Å². The highest BCUT2D eigenvalue weighted by Crippen LogP contribution is 2.30. The zero-order valence-electron chi connectivity index (χ0n) is 17.5. The fourth-order valence-electron chi connectivity index (χ4n) is 4.07. The average molecular weight is 408 g/mol. The van der Waals surface area contributed by atoms with Gasteiger partial charge in [-0.05, 0) is 49.3 Å². The summed E-state index contributed by atoms with van der Waals surface area (Å²) in [6.07, 6.45) is 9.59. The summed E-state index contributed by atoms with van der Waals surface area (Å²) in [5.74, 6) is 1.11. The molecule has 0 radical (unpaired) electrons. The highest BCUT2D eigenvalue weighted by Gasteiger charge is 2.34. The van der Waals surface area contributed by atoms with Gasteiger partial charge in [-0.1, -0.05) is 54.9 Å². The van der Waals surface area contributed by atoms with Crippen LogP contribution in [0.3, 0.4) is 0 Å². The Labute approximate surface area is 177 Å². The molecule has 0 amide bonds. The Morgan fingerprint density at radius 3 is 2.73 bits per heavy atom. The van der Waals surface area contributed by atoms with Crippen LogP contribution < -0.4 is 5.32 Å². The number of nitrogens with one attached hydrogen (secondary N) is 1. The van der Waals surface area contributed by atoms with E-state index in [1.807, 2.05) is 18.2 Å². The van der Waals surface area contributed by atoms with E-state index >= 15 is 0 Å². The number of carboxylic acid groups (broad SMARTS) is 1. The molecule has 1 atom stereocenters. The number of aliphatic carboxylic acids is 1. The van der Waals surface area contributed by atoms with E-state index in [0.29, 0.717) is 36.5 Å². The predicted molar refractivity (Wildman–Crippen MR) is 115 cm³/mol. The smallest absolute Gasteiger partial charge is 0.306 e. The first-order valence-corrected chi connectivity index (χ1v) is 10.7.